The van der Waals surface area contributed by atoms with Crippen molar-refractivity contribution in [3.05, 3.63) is 70.4 Å². The van der Waals surface area contributed by atoms with Crippen molar-refractivity contribution in [1.82, 2.24) is 9.88 Å². The van der Waals surface area contributed by atoms with Gasteiger partial charge < -0.3 is 9.47 Å². The summed E-state index contributed by atoms with van der Waals surface area (Å²) in [6.45, 7) is 0.140. The van der Waals surface area contributed by atoms with Gasteiger partial charge in [-0.25, -0.2) is 4.98 Å². The van der Waals surface area contributed by atoms with Crippen LogP contribution >= 0.6 is 11.6 Å². The molecule has 1 aliphatic heterocycles. The van der Waals surface area contributed by atoms with Gasteiger partial charge in [-0.1, -0.05) is 23.7 Å². The average Bonchev–Trinajstić information content (AvgIpc) is 3.02. The minimum atomic E-state index is -0.442. The van der Waals surface area contributed by atoms with Gasteiger partial charge in [-0.15, -0.1) is 0 Å². The van der Waals surface area contributed by atoms with Gasteiger partial charge in [-0.2, -0.15) is 0 Å². The lowest BCUT2D eigenvalue weighted by Gasteiger charge is -2.13. The number of imide groups is 1. The number of esters is 1. The van der Waals surface area contributed by atoms with Gasteiger partial charge in [0.2, 0.25) is 0 Å². The number of benzene rings is 2. The smallest absolute Gasteiger partial charge is 0.306 e. The van der Waals surface area contributed by atoms with Gasteiger partial charge in [0.15, 0.2) is 0 Å². The van der Waals surface area contributed by atoms with Gasteiger partial charge in [0.05, 0.1) is 23.8 Å². The van der Waals surface area contributed by atoms with Crippen molar-refractivity contribution in [2.75, 3.05) is 13.7 Å². The van der Waals surface area contributed by atoms with Gasteiger partial charge >= 0.3 is 5.97 Å². The topological polar surface area (TPSA) is 85.8 Å². The molecule has 0 N–H and O–H groups in total. The molecule has 0 unspecified atom stereocenters. The number of nitrogens with zero attached hydrogens (tertiary/aromatic N) is 2. The van der Waals surface area contributed by atoms with Crippen LogP contribution < -0.4 is 4.74 Å². The molecule has 0 radical (unpaired) electrons. The monoisotopic (exact) mass is 438 g/mol. The molecule has 0 fully saturated rings. The fourth-order valence-electron chi connectivity index (χ4n) is 3.45. The number of halogens is 1. The molecule has 8 heteroatoms. The van der Waals surface area contributed by atoms with Crippen molar-refractivity contribution in [3.8, 4) is 5.75 Å². The third kappa shape index (κ3) is 4.22. The normalized spacial score (nSPS) is 12.9. The van der Waals surface area contributed by atoms with E-state index in [9.17, 15) is 14.4 Å². The van der Waals surface area contributed by atoms with E-state index in [1.807, 2.05) is 18.2 Å². The Morgan fingerprint density at radius 2 is 1.77 bits per heavy atom. The number of hydrogen-bond acceptors (Lipinski definition) is 6. The van der Waals surface area contributed by atoms with E-state index < -0.39 is 5.97 Å². The first-order valence-electron chi connectivity index (χ1n) is 9.72. The van der Waals surface area contributed by atoms with Crippen molar-refractivity contribution in [3.63, 3.8) is 0 Å². The average molecular weight is 439 g/mol. The second-order valence-electron chi connectivity index (χ2n) is 7.07. The number of rotatable bonds is 7. The molecule has 2 aromatic carbocycles. The summed E-state index contributed by atoms with van der Waals surface area (Å²) < 4.78 is 10.5. The molecule has 0 spiro atoms. The Kier molecular flexibility index (Phi) is 5.86. The van der Waals surface area contributed by atoms with Crippen LogP contribution in [0, 0.1) is 0 Å². The van der Waals surface area contributed by atoms with Gasteiger partial charge in [-0.05, 0) is 36.8 Å². The molecule has 2 heterocycles. The van der Waals surface area contributed by atoms with Gasteiger partial charge in [0.1, 0.15) is 17.5 Å². The summed E-state index contributed by atoms with van der Waals surface area (Å²) >= 11 is 6.22. The van der Waals surface area contributed by atoms with E-state index in [4.69, 9.17) is 21.1 Å². The quantitative estimate of drug-likeness (QED) is 0.314. The number of carbonyl (C=O) groups excluding carboxylic acids is 3. The number of amides is 2. The maximum atomic E-state index is 12.3. The van der Waals surface area contributed by atoms with Crippen molar-refractivity contribution in [1.29, 1.82) is 0 Å². The zero-order chi connectivity index (χ0) is 22.0. The van der Waals surface area contributed by atoms with E-state index in [-0.39, 0.29) is 36.5 Å². The highest BCUT2D eigenvalue weighted by atomic mass is 35.5. The second-order valence-corrected chi connectivity index (χ2v) is 7.43. The van der Waals surface area contributed by atoms with Gasteiger partial charge in [0.25, 0.3) is 11.8 Å². The Morgan fingerprint density at radius 3 is 2.45 bits per heavy atom. The lowest BCUT2D eigenvalue weighted by atomic mass is 10.1. The second kappa shape index (κ2) is 8.73. The molecule has 1 aliphatic rings. The minimum Gasteiger partial charge on any atom is -0.497 e. The fraction of sp³-hybridized carbons (Fsp3) is 0.217. The van der Waals surface area contributed by atoms with Crippen LogP contribution in [-0.4, -0.2) is 41.3 Å². The number of aromatic nitrogens is 1. The Hall–Kier alpha value is -3.45. The van der Waals surface area contributed by atoms with E-state index in [1.54, 1.807) is 37.4 Å². The van der Waals surface area contributed by atoms with Crippen molar-refractivity contribution in [2.45, 2.75) is 19.4 Å². The molecular weight excluding hydrogens is 420 g/mol. The summed E-state index contributed by atoms with van der Waals surface area (Å²) in [5.74, 6) is -0.435. The summed E-state index contributed by atoms with van der Waals surface area (Å²) in [5.41, 5.74) is 2.06. The Morgan fingerprint density at radius 1 is 1.06 bits per heavy atom. The molecule has 7 nitrogen and oxygen atoms in total. The van der Waals surface area contributed by atoms with Crippen LogP contribution in [0.4, 0.5) is 0 Å². The van der Waals surface area contributed by atoms with Crippen LogP contribution in [0.25, 0.3) is 10.9 Å². The molecule has 3 aromatic rings. The van der Waals surface area contributed by atoms with Crippen molar-refractivity contribution >= 4 is 40.3 Å². The van der Waals surface area contributed by atoms with E-state index >= 15 is 0 Å². The first-order chi connectivity index (χ1) is 15.0. The lowest BCUT2D eigenvalue weighted by molar-refractivity contribution is -0.145. The lowest BCUT2D eigenvalue weighted by Crippen LogP contribution is -2.31. The molecule has 0 atom stereocenters. The van der Waals surface area contributed by atoms with Crippen LogP contribution in [0.1, 0.15) is 39.1 Å². The number of pyridine rings is 1. The highest BCUT2D eigenvalue weighted by Gasteiger charge is 2.34. The van der Waals surface area contributed by atoms with Gasteiger partial charge in [0, 0.05) is 30.0 Å². The third-order valence-corrected chi connectivity index (χ3v) is 5.41. The molecule has 0 saturated heterocycles. The number of ether oxygens (including phenoxy) is 2. The first kappa shape index (κ1) is 20.8. The van der Waals surface area contributed by atoms with Crippen LogP contribution in [-0.2, 0) is 16.1 Å². The number of fused-ring (bicyclic) bond motifs is 2. The summed E-state index contributed by atoms with van der Waals surface area (Å²) in [5, 5.41) is 1.10. The number of methoxy groups -OCH3 is 1. The molecule has 0 saturated carbocycles. The van der Waals surface area contributed by atoms with Crippen molar-refractivity contribution < 1.29 is 23.9 Å². The SMILES string of the molecule is COc1ccc2cc(COC(=O)CCCN3C(=O)c4ccccc4C3=O)c(Cl)nc2c1. The summed E-state index contributed by atoms with van der Waals surface area (Å²) in [7, 11) is 1.57. The van der Waals surface area contributed by atoms with Crippen LogP contribution in [0.5, 0.6) is 5.75 Å². The molecule has 1 aromatic heterocycles. The predicted octanol–water partition coefficient (Wildman–Crippen LogP) is 4.02. The summed E-state index contributed by atoms with van der Waals surface area (Å²) in [6, 6.07) is 13.9. The third-order valence-electron chi connectivity index (χ3n) is 5.08. The Labute approximate surface area is 183 Å². The van der Waals surface area contributed by atoms with Crippen LogP contribution in [0.15, 0.2) is 48.5 Å². The molecule has 31 heavy (non-hydrogen) atoms. The van der Waals surface area contributed by atoms with Gasteiger partial charge in [-0.3, -0.25) is 19.3 Å². The molecular formula is C23H19ClN2O5. The number of hydrogen-bond donors (Lipinski definition) is 0. The summed E-state index contributed by atoms with van der Waals surface area (Å²) in [4.78, 5) is 42.3. The molecule has 0 aliphatic carbocycles. The maximum absolute atomic E-state index is 12.3. The molecule has 2 amide bonds. The van der Waals surface area contributed by atoms with E-state index in [0.717, 1.165) is 10.3 Å². The Balaban J connectivity index is 1.31. The highest BCUT2D eigenvalue weighted by Crippen LogP contribution is 2.25. The van der Waals surface area contributed by atoms with E-state index in [0.29, 0.717) is 34.4 Å². The molecule has 4 rings (SSSR count). The fourth-order valence-corrected chi connectivity index (χ4v) is 3.65. The zero-order valence-electron chi connectivity index (χ0n) is 16.8. The van der Waals surface area contributed by atoms with Crippen molar-refractivity contribution in [2.24, 2.45) is 0 Å². The minimum absolute atomic E-state index is 0.0142. The summed E-state index contributed by atoms with van der Waals surface area (Å²) in [6.07, 6.45) is 0.386. The first-order valence-corrected chi connectivity index (χ1v) is 10.1. The molecule has 158 valence electrons. The standard InChI is InChI=1S/C23H19ClN2O5/c1-30-16-9-8-14-11-15(21(24)25-19(14)12-16)13-31-20(27)7-4-10-26-22(28)17-5-2-3-6-18(17)23(26)29/h2-3,5-6,8-9,11-12H,4,7,10,13H2,1H3. The van der Waals surface area contributed by atoms with E-state index in [2.05, 4.69) is 4.98 Å². The van der Waals surface area contributed by atoms with E-state index in [1.165, 1.54) is 0 Å². The zero-order valence-corrected chi connectivity index (χ0v) is 17.5. The Bertz CT molecular complexity index is 1160. The largest absolute Gasteiger partial charge is 0.497 e. The predicted molar refractivity (Wildman–Crippen MR) is 114 cm³/mol. The highest BCUT2D eigenvalue weighted by molar-refractivity contribution is 6.30. The maximum Gasteiger partial charge on any atom is 0.306 e. The molecule has 0 bridgehead atoms. The van der Waals surface area contributed by atoms with Crippen LogP contribution in [0.2, 0.25) is 5.15 Å². The number of carbonyl (C=O) groups is 3. The van der Waals surface area contributed by atoms with Crippen LogP contribution in [0.3, 0.4) is 0 Å².